The largest absolute Gasteiger partial charge is 0.494 e. The molecule has 2 aromatic heterocycles. The summed E-state index contributed by atoms with van der Waals surface area (Å²) in [6.45, 7) is 6.79. The van der Waals surface area contributed by atoms with Gasteiger partial charge < -0.3 is 19.5 Å². The third kappa shape index (κ3) is 4.45. The third-order valence-corrected chi connectivity index (χ3v) is 7.32. The zero-order valence-corrected chi connectivity index (χ0v) is 22.5. The first-order valence-corrected chi connectivity index (χ1v) is 12.9. The van der Waals surface area contributed by atoms with Crippen molar-refractivity contribution >= 4 is 46.2 Å². The van der Waals surface area contributed by atoms with Crippen LogP contribution in [0.5, 0.6) is 5.75 Å². The molecule has 5 nitrogen and oxygen atoms in total. The molecule has 8 heteroatoms. The number of hydrogen-bond acceptors (Lipinski definition) is 3. The Hall–Kier alpha value is -3.06. The van der Waals surface area contributed by atoms with Crippen molar-refractivity contribution in [1.29, 1.82) is 0 Å². The maximum Gasteiger partial charge on any atom is 0.174 e. The number of aromatic nitrogens is 2. The third-order valence-electron chi connectivity index (χ3n) is 6.46. The second-order valence-electron chi connectivity index (χ2n) is 8.68. The van der Waals surface area contributed by atoms with Gasteiger partial charge in [-0.05, 0) is 99.2 Å². The molecular weight excluding hydrogens is 511 g/mol. The summed E-state index contributed by atoms with van der Waals surface area (Å²) in [6, 6.07) is 21.5. The maximum absolute atomic E-state index is 6.62. The van der Waals surface area contributed by atoms with Crippen molar-refractivity contribution in [3.8, 4) is 11.4 Å². The number of thiocarbonyl (C=S) groups is 1. The minimum absolute atomic E-state index is 0.128. The number of aryl methyl sites for hydroxylation is 1. The van der Waals surface area contributed by atoms with E-state index >= 15 is 0 Å². The highest BCUT2D eigenvalue weighted by Gasteiger charge is 2.42. The summed E-state index contributed by atoms with van der Waals surface area (Å²) in [5.41, 5.74) is 6.07. The fraction of sp³-hybridized carbons (Fsp3) is 0.214. The first kappa shape index (κ1) is 24.6. The van der Waals surface area contributed by atoms with Crippen LogP contribution in [0.1, 0.15) is 41.7 Å². The molecule has 0 amide bonds. The van der Waals surface area contributed by atoms with E-state index in [1.165, 1.54) is 0 Å². The number of nitrogens with zero attached hydrogens (tertiary/aromatic N) is 3. The lowest BCUT2D eigenvalue weighted by molar-refractivity contribution is 0.340. The molecule has 0 saturated carbocycles. The lowest BCUT2D eigenvalue weighted by Crippen LogP contribution is -2.29. The molecule has 2 atom stereocenters. The number of rotatable bonds is 6. The Labute approximate surface area is 226 Å². The molecule has 0 bridgehead atoms. The highest BCUT2D eigenvalue weighted by atomic mass is 35.5. The number of halogens is 2. The zero-order valence-electron chi connectivity index (χ0n) is 20.2. The van der Waals surface area contributed by atoms with E-state index in [1.807, 2.05) is 67.7 Å². The lowest BCUT2D eigenvalue weighted by Gasteiger charge is -2.28. The molecule has 1 aliphatic rings. The van der Waals surface area contributed by atoms with Gasteiger partial charge in [0, 0.05) is 28.3 Å². The maximum atomic E-state index is 6.62. The summed E-state index contributed by atoms with van der Waals surface area (Å²) in [4.78, 5) is 6.83. The van der Waals surface area contributed by atoms with Crippen LogP contribution in [-0.2, 0) is 0 Å². The summed E-state index contributed by atoms with van der Waals surface area (Å²) in [7, 11) is 0. The first-order valence-electron chi connectivity index (χ1n) is 11.8. The van der Waals surface area contributed by atoms with Crippen molar-refractivity contribution in [3.63, 3.8) is 0 Å². The molecule has 5 rings (SSSR count). The number of nitrogens with one attached hydrogen (secondary N) is 1. The van der Waals surface area contributed by atoms with Crippen LogP contribution in [0.2, 0.25) is 10.0 Å². The molecule has 2 aromatic carbocycles. The van der Waals surface area contributed by atoms with Crippen LogP contribution in [0.3, 0.4) is 0 Å². The van der Waals surface area contributed by atoms with Crippen LogP contribution in [0, 0.1) is 13.8 Å². The van der Waals surface area contributed by atoms with Crippen LogP contribution in [0.25, 0.3) is 5.69 Å². The summed E-state index contributed by atoms with van der Waals surface area (Å²) >= 11 is 18.7. The standard InChI is InChI=1S/C28H26Cl2N4OS/c1-4-35-21-11-9-20(10-12-21)34-27(26(32-28(34)36)24-7-5-6-14-31-24)22-15-17(2)33(18(22)3)25-13-8-19(29)16-23(25)30/h5-16,26-27H,4H2,1-3H3,(H,32,36)/t26-,27+/m1/s1. The van der Waals surface area contributed by atoms with Crippen molar-refractivity contribution in [1.82, 2.24) is 14.9 Å². The van der Waals surface area contributed by atoms with Gasteiger partial charge in [-0.15, -0.1) is 0 Å². The van der Waals surface area contributed by atoms with Crippen molar-refractivity contribution in [2.45, 2.75) is 32.9 Å². The summed E-state index contributed by atoms with van der Waals surface area (Å²) in [5, 5.41) is 5.38. The van der Waals surface area contributed by atoms with Crippen LogP contribution >= 0.6 is 35.4 Å². The second kappa shape index (κ2) is 10.1. The fourth-order valence-electron chi connectivity index (χ4n) is 4.94. The number of benzene rings is 2. The van der Waals surface area contributed by atoms with Crippen LogP contribution in [0.15, 0.2) is 72.9 Å². The second-order valence-corrected chi connectivity index (χ2v) is 9.91. The van der Waals surface area contributed by atoms with E-state index in [-0.39, 0.29) is 12.1 Å². The first-order chi connectivity index (χ1) is 17.4. The molecule has 0 unspecified atom stereocenters. The monoisotopic (exact) mass is 536 g/mol. The van der Waals surface area contributed by atoms with E-state index in [0.717, 1.165) is 39.8 Å². The average molecular weight is 538 g/mol. The number of ether oxygens (including phenoxy) is 1. The Morgan fingerprint density at radius 2 is 1.81 bits per heavy atom. The van der Waals surface area contributed by atoms with E-state index in [9.17, 15) is 0 Å². The molecule has 4 aromatic rings. The fourth-order valence-corrected chi connectivity index (χ4v) is 5.78. The SMILES string of the molecule is CCOc1ccc(N2C(=S)N[C@H](c3ccccn3)[C@@H]2c2cc(C)n(-c3ccc(Cl)cc3Cl)c2C)cc1. The molecule has 3 heterocycles. The Balaban J connectivity index is 1.65. The number of pyridine rings is 1. The highest BCUT2D eigenvalue weighted by Crippen LogP contribution is 2.44. The number of anilines is 1. The smallest absolute Gasteiger partial charge is 0.174 e. The van der Waals surface area contributed by atoms with Gasteiger partial charge in [0.05, 0.1) is 35.1 Å². The van der Waals surface area contributed by atoms with Gasteiger partial charge >= 0.3 is 0 Å². The number of hydrogen-bond donors (Lipinski definition) is 1. The Morgan fingerprint density at radius 1 is 1.03 bits per heavy atom. The van der Waals surface area contributed by atoms with Gasteiger partial charge in [-0.3, -0.25) is 4.98 Å². The van der Waals surface area contributed by atoms with Gasteiger partial charge in [0.25, 0.3) is 0 Å². The van der Waals surface area contributed by atoms with Gasteiger partial charge in [0.15, 0.2) is 5.11 Å². The minimum Gasteiger partial charge on any atom is -0.494 e. The van der Waals surface area contributed by atoms with Crippen LogP contribution in [-0.4, -0.2) is 21.3 Å². The molecular formula is C28H26Cl2N4OS. The van der Waals surface area contributed by atoms with Gasteiger partial charge in [-0.1, -0.05) is 29.3 Å². The van der Waals surface area contributed by atoms with Gasteiger partial charge in [-0.25, -0.2) is 0 Å². The van der Waals surface area contributed by atoms with Gasteiger partial charge in [0.2, 0.25) is 0 Å². The van der Waals surface area contributed by atoms with E-state index in [4.69, 9.17) is 40.2 Å². The molecule has 184 valence electrons. The van der Waals surface area contributed by atoms with E-state index in [1.54, 1.807) is 6.07 Å². The normalized spacial score (nSPS) is 17.4. The van der Waals surface area contributed by atoms with Crippen molar-refractivity contribution in [2.24, 2.45) is 0 Å². The molecule has 0 radical (unpaired) electrons. The highest BCUT2D eigenvalue weighted by molar-refractivity contribution is 7.80. The topological polar surface area (TPSA) is 42.3 Å². The molecule has 1 aliphatic heterocycles. The van der Waals surface area contributed by atoms with Crippen LogP contribution in [0.4, 0.5) is 5.69 Å². The summed E-state index contributed by atoms with van der Waals surface area (Å²) in [6.07, 6.45) is 1.81. The minimum atomic E-state index is -0.139. The molecule has 1 fully saturated rings. The Kier molecular flexibility index (Phi) is 6.93. The van der Waals surface area contributed by atoms with E-state index in [2.05, 4.69) is 39.7 Å². The van der Waals surface area contributed by atoms with Gasteiger partial charge in [-0.2, -0.15) is 0 Å². The Morgan fingerprint density at radius 3 is 2.47 bits per heavy atom. The molecule has 1 N–H and O–H groups in total. The molecule has 0 spiro atoms. The quantitative estimate of drug-likeness (QED) is 0.260. The van der Waals surface area contributed by atoms with E-state index < -0.39 is 0 Å². The molecule has 36 heavy (non-hydrogen) atoms. The lowest BCUT2D eigenvalue weighted by atomic mass is 9.96. The predicted octanol–water partition coefficient (Wildman–Crippen LogP) is 7.37. The summed E-state index contributed by atoms with van der Waals surface area (Å²) < 4.78 is 7.82. The zero-order chi connectivity index (χ0) is 25.4. The molecule has 0 aliphatic carbocycles. The average Bonchev–Trinajstić information content (AvgIpc) is 3.36. The van der Waals surface area contributed by atoms with Crippen LogP contribution < -0.4 is 15.0 Å². The Bertz CT molecular complexity index is 1410. The van der Waals surface area contributed by atoms with Crippen molar-refractivity contribution in [3.05, 3.63) is 106 Å². The summed E-state index contributed by atoms with van der Waals surface area (Å²) in [5.74, 6) is 0.827. The predicted molar refractivity (Wildman–Crippen MR) is 151 cm³/mol. The van der Waals surface area contributed by atoms with Gasteiger partial charge in [0.1, 0.15) is 5.75 Å². The molecule has 1 saturated heterocycles. The van der Waals surface area contributed by atoms with Crippen molar-refractivity contribution < 1.29 is 4.74 Å². The van der Waals surface area contributed by atoms with E-state index in [0.29, 0.717) is 21.8 Å². The van der Waals surface area contributed by atoms with Crippen molar-refractivity contribution in [2.75, 3.05) is 11.5 Å².